The number of pyridine rings is 1. The number of hydrogen-bond donors (Lipinski definition) is 3. The number of carbonyl (C=O) groups is 1. The van der Waals surface area contributed by atoms with Crippen LogP contribution in [0.4, 0.5) is 10.8 Å². The first-order valence-electron chi connectivity index (χ1n) is 9.61. The van der Waals surface area contributed by atoms with Gasteiger partial charge in [0.15, 0.2) is 5.13 Å². The van der Waals surface area contributed by atoms with Crippen LogP contribution < -0.4 is 11.1 Å². The van der Waals surface area contributed by atoms with Gasteiger partial charge in [-0.2, -0.15) is 5.10 Å². The van der Waals surface area contributed by atoms with Crippen molar-refractivity contribution in [1.82, 2.24) is 20.2 Å². The van der Waals surface area contributed by atoms with Gasteiger partial charge < -0.3 is 11.1 Å². The smallest absolute Gasteiger partial charge is 0.255 e. The van der Waals surface area contributed by atoms with Crippen molar-refractivity contribution in [2.75, 3.05) is 11.1 Å². The molecule has 152 valence electrons. The molecule has 8 heteroatoms. The minimum absolute atomic E-state index is 0.185. The molecule has 2 aromatic carbocycles. The van der Waals surface area contributed by atoms with E-state index in [0.29, 0.717) is 16.4 Å². The number of nitrogens with zero attached hydrogens (tertiary/aromatic N) is 3. The molecular weight excluding hydrogens is 408 g/mol. The van der Waals surface area contributed by atoms with Crippen LogP contribution in [-0.4, -0.2) is 26.1 Å². The van der Waals surface area contributed by atoms with Crippen LogP contribution in [0, 0.1) is 6.92 Å². The standard InChI is InChI=1S/C23H18N6OS/c1-13-5-6-15(10-18(13)16-11-20-22(25-12-16)31-23(24)28-20)21(30)27-17-4-2-3-14(9-17)19-7-8-26-29-19/h2-12H,1H3,(H2,24,28)(H,26,29)(H,27,30). The Hall–Kier alpha value is -4.04. The van der Waals surface area contributed by atoms with E-state index in [-0.39, 0.29) is 5.91 Å². The fourth-order valence-corrected chi connectivity index (χ4v) is 4.10. The number of nitrogens with one attached hydrogen (secondary N) is 2. The molecular formula is C23H18N6OS. The minimum atomic E-state index is -0.185. The van der Waals surface area contributed by atoms with Crippen molar-refractivity contribution in [3.63, 3.8) is 0 Å². The lowest BCUT2D eigenvalue weighted by atomic mass is 9.99. The van der Waals surface area contributed by atoms with Gasteiger partial charge in [-0.05, 0) is 54.4 Å². The second-order valence-corrected chi connectivity index (χ2v) is 8.14. The molecule has 0 saturated carbocycles. The Kier molecular flexibility index (Phi) is 4.68. The van der Waals surface area contributed by atoms with E-state index >= 15 is 0 Å². The van der Waals surface area contributed by atoms with Crippen molar-refractivity contribution in [2.24, 2.45) is 0 Å². The normalized spacial score (nSPS) is 11.0. The molecule has 5 rings (SSSR count). The summed E-state index contributed by atoms with van der Waals surface area (Å²) in [4.78, 5) is 22.5. The third-order valence-electron chi connectivity index (χ3n) is 5.01. The quantitative estimate of drug-likeness (QED) is 0.379. The molecule has 0 aliphatic carbocycles. The molecule has 5 aromatic rings. The number of anilines is 2. The number of aromatic nitrogens is 4. The summed E-state index contributed by atoms with van der Waals surface area (Å²) < 4.78 is 0. The third kappa shape index (κ3) is 3.76. The monoisotopic (exact) mass is 426 g/mol. The van der Waals surface area contributed by atoms with E-state index in [1.807, 2.05) is 61.5 Å². The van der Waals surface area contributed by atoms with Crippen molar-refractivity contribution < 1.29 is 4.79 Å². The lowest BCUT2D eigenvalue weighted by molar-refractivity contribution is 0.102. The Morgan fingerprint density at radius 1 is 1.10 bits per heavy atom. The van der Waals surface area contributed by atoms with Gasteiger partial charge in [0, 0.05) is 34.8 Å². The first kappa shape index (κ1) is 19.0. The molecule has 3 heterocycles. The summed E-state index contributed by atoms with van der Waals surface area (Å²) in [6.45, 7) is 2.00. The second-order valence-electron chi connectivity index (χ2n) is 7.14. The molecule has 0 aliphatic heterocycles. The molecule has 0 radical (unpaired) electrons. The molecule has 0 bridgehead atoms. The maximum absolute atomic E-state index is 12.9. The fourth-order valence-electron chi connectivity index (χ4n) is 3.45. The number of hydrogen-bond acceptors (Lipinski definition) is 6. The zero-order valence-corrected chi connectivity index (χ0v) is 17.4. The molecule has 4 N–H and O–H groups in total. The number of rotatable bonds is 4. The number of thiazole rings is 1. The summed E-state index contributed by atoms with van der Waals surface area (Å²) in [7, 11) is 0. The number of nitrogens with two attached hydrogens (primary N) is 1. The van der Waals surface area contributed by atoms with Crippen molar-refractivity contribution in [3.05, 3.63) is 78.1 Å². The Labute approximate surface area is 182 Å². The van der Waals surface area contributed by atoms with Gasteiger partial charge in [-0.25, -0.2) is 9.97 Å². The molecule has 0 unspecified atom stereocenters. The van der Waals surface area contributed by atoms with Gasteiger partial charge in [-0.1, -0.05) is 29.5 Å². The third-order valence-corrected chi connectivity index (χ3v) is 5.82. The van der Waals surface area contributed by atoms with Gasteiger partial charge in [-0.3, -0.25) is 9.89 Å². The average molecular weight is 427 g/mol. The van der Waals surface area contributed by atoms with Gasteiger partial charge in [0.2, 0.25) is 0 Å². The summed E-state index contributed by atoms with van der Waals surface area (Å²) in [6, 6.07) is 17.1. The maximum Gasteiger partial charge on any atom is 0.255 e. The molecule has 0 aliphatic rings. The van der Waals surface area contributed by atoms with Gasteiger partial charge in [-0.15, -0.1) is 0 Å². The van der Waals surface area contributed by atoms with E-state index in [4.69, 9.17) is 5.73 Å². The predicted molar refractivity (Wildman–Crippen MR) is 124 cm³/mol. The maximum atomic E-state index is 12.9. The van der Waals surface area contributed by atoms with Crippen LogP contribution in [0.2, 0.25) is 0 Å². The van der Waals surface area contributed by atoms with Gasteiger partial charge in [0.05, 0.1) is 5.69 Å². The number of nitrogen functional groups attached to an aromatic ring is 1. The lowest BCUT2D eigenvalue weighted by Gasteiger charge is -2.10. The summed E-state index contributed by atoms with van der Waals surface area (Å²) in [5.41, 5.74) is 12.5. The molecule has 0 spiro atoms. The van der Waals surface area contributed by atoms with Crippen LogP contribution in [0.3, 0.4) is 0 Å². The number of H-pyrrole nitrogens is 1. The Morgan fingerprint density at radius 3 is 2.84 bits per heavy atom. The Balaban J connectivity index is 1.44. The Morgan fingerprint density at radius 2 is 2.00 bits per heavy atom. The van der Waals surface area contributed by atoms with Crippen LogP contribution in [0.15, 0.2) is 67.0 Å². The topological polar surface area (TPSA) is 110 Å². The van der Waals surface area contributed by atoms with Crippen LogP contribution in [0.5, 0.6) is 0 Å². The zero-order chi connectivity index (χ0) is 21.4. The second kappa shape index (κ2) is 7.66. The fraction of sp³-hybridized carbons (Fsp3) is 0.0435. The van der Waals surface area contributed by atoms with Crippen molar-refractivity contribution in [1.29, 1.82) is 0 Å². The van der Waals surface area contributed by atoms with E-state index in [2.05, 4.69) is 25.5 Å². The molecule has 1 amide bonds. The largest absolute Gasteiger partial charge is 0.375 e. The minimum Gasteiger partial charge on any atom is -0.375 e. The number of carbonyl (C=O) groups excluding carboxylic acids is 1. The van der Waals surface area contributed by atoms with Crippen LogP contribution in [0.1, 0.15) is 15.9 Å². The van der Waals surface area contributed by atoms with Crippen LogP contribution >= 0.6 is 11.3 Å². The van der Waals surface area contributed by atoms with Gasteiger partial charge in [0.25, 0.3) is 5.91 Å². The molecule has 0 fully saturated rings. The van der Waals surface area contributed by atoms with E-state index < -0.39 is 0 Å². The van der Waals surface area contributed by atoms with Gasteiger partial charge >= 0.3 is 0 Å². The van der Waals surface area contributed by atoms with Crippen molar-refractivity contribution >= 4 is 38.4 Å². The predicted octanol–water partition coefficient (Wildman–Crippen LogP) is 4.89. The van der Waals surface area contributed by atoms with E-state index in [0.717, 1.165) is 38.3 Å². The van der Waals surface area contributed by atoms with E-state index in [1.165, 1.54) is 11.3 Å². The highest BCUT2D eigenvalue weighted by molar-refractivity contribution is 7.21. The molecule has 3 aromatic heterocycles. The van der Waals surface area contributed by atoms with E-state index in [9.17, 15) is 4.79 Å². The highest BCUT2D eigenvalue weighted by atomic mass is 32.1. The van der Waals surface area contributed by atoms with Crippen molar-refractivity contribution in [3.8, 4) is 22.4 Å². The molecule has 31 heavy (non-hydrogen) atoms. The van der Waals surface area contributed by atoms with Gasteiger partial charge in [0.1, 0.15) is 10.3 Å². The highest BCUT2D eigenvalue weighted by Gasteiger charge is 2.12. The molecule has 0 atom stereocenters. The highest BCUT2D eigenvalue weighted by Crippen LogP contribution is 2.29. The molecule has 7 nitrogen and oxygen atoms in total. The average Bonchev–Trinajstić information content (AvgIpc) is 3.42. The first-order chi connectivity index (χ1) is 15.1. The summed E-state index contributed by atoms with van der Waals surface area (Å²) in [6.07, 6.45) is 3.48. The Bertz CT molecular complexity index is 1410. The number of fused-ring (bicyclic) bond motifs is 1. The summed E-state index contributed by atoms with van der Waals surface area (Å²) >= 11 is 1.35. The molecule has 0 saturated heterocycles. The number of aryl methyl sites for hydroxylation is 1. The SMILES string of the molecule is Cc1ccc(C(=O)Nc2cccc(-c3ccn[nH]3)c2)cc1-c1cnc2sc(N)nc2c1. The number of amides is 1. The summed E-state index contributed by atoms with van der Waals surface area (Å²) in [5, 5.41) is 10.4. The number of benzene rings is 2. The lowest BCUT2D eigenvalue weighted by Crippen LogP contribution is -2.12. The zero-order valence-electron chi connectivity index (χ0n) is 16.6. The summed E-state index contributed by atoms with van der Waals surface area (Å²) in [5.74, 6) is -0.185. The van der Waals surface area contributed by atoms with Crippen molar-refractivity contribution in [2.45, 2.75) is 6.92 Å². The first-order valence-corrected chi connectivity index (χ1v) is 10.4. The number of aromatic amines is 1. The van der Waals surface area contributed by atoms with E-state index in [1.54, 1.807) is 12.4 Å². The van der Waals surface area contributed by atoms with Crippen LogP contribution in [-0.2, 0) is 0 Å². The van der Waals surface area contributed by atoms with Crippen LogP contribution in [0.25, 0.3) is 32.7 Å².